The fourth-order valence-corrected chi connectivity index (χ4v) is 4.36. The number of nitrogens with zero attached hydrogens (tertiary/aromatic N) is 2. The number of hydrogen-bond acceptors (Lipinski definition) is 3. The summed E-state index contributed by atoms with van der Waals surface area (Å²) in [5, 5.41) is 2.97. The number of aryl methyl sites for hydroxylation is 4. The van der Waals surface area contributed by atoms with Gasteiger partial charge in [-0.15, -0.1) is 0 Å². The molecule has 0 saturated heterocycles. The molecule has 5 nitrogen and oxygen atoms in total. The summed E-state index contributed by atoms with van der Waals surface area (Å²) in [4.78, 5) is 17.1. The highest BCUT2D eigenvalue weighted by Gasteiger charge is 2.11. The minimum atomic E-state index is -0.0779. The molecule has 1 N–H and O–H groups in total. The van der Waals surface area contributed by atoms with Crippen LogP contribution in [0.5, 0.6) is 5.75 Å². The highest BCUT2D eigenvalue weighted by atomic mass is 16.5. The average Bonchev–Trinajstić information content (AvgIpc) is 3.19. The Hall–Kier alpha value is -3.60. The quantitative estimate of drug-likeness (QED) is 0.278. The summed E-state index contributed by atoms with van der Waals surface area (Å²) in [7, 11) is 0. The maximum Gasteiger partial charge on any atom is 0.257 e. The summed E-state index contributed by atoms with van der Waals surface area (Å²) in [5.41, 5.74) is 6.96. The van der Waals surface area contributed by atoms with Crippen molar-refractivity contribution >= 4 is 16.9 Å². The van der Waals surface area contributed by atoms with E-state index in [-0.39, 0.29) is 12.5 Å². The molecule has 0 saturated carbocycles. The first kappa shape index (κ1) is 24.5. The minimum Gasteiger partial charge on any atom is -0.483 e. The van der Waals surface area contributed by atoms with Gasteiger partial charge in [-0.3, -0.25) is 4.79 Å². The lowest BCUT2D eigenvalue weighted by Crippen LogP contribution is -2.29. The second-order valence-electron chi connectivity index (χ2n) is 9.31. The van der Waals surface area contributed by atoms with Crippen molar-refractivity contribution in [1.29, 1.82) is 0 Å². The Kier molecular flexibility index (Phi) is 8.19. The zero-order chi connectivity index (χ0) is 24.6. The number of para-hydroxylation sites is 2. The van der Waals surface area contributed by atoms with Gasteiger partial charge in [0.2, 0.25) is 0 Å². The summed E-state index contributed by atoms with van der Waals surface area (Å²) in [6.07, 6.45) is 3.93. The molecule has 0 spiro atoms. The highest BCUT2D eigenvalue weighted by Crippen LogP contribution is 2.21. The summed E-state index contributed by atoms with van der Waals surface area (Å²) >= 11 is 0. The van der Waals surface area contributed by atoms with Crippen molar-refractivity contribution in [2.24, 2.45) is 0 Å². The predicted molar refractivity (Wildman–Crippen MR) is 142 cm³/mol. The summed E-state index contributed by atoms with van der Waals surface area (Å²) < 4.78 is 8.03. The largest absolute Gasteiger partial charge is 0.483 e. The van der Waals surface area contributed by atoms with E-state index < -0.39 is 0 Å². The van der Waals surface area contributed by atoms with Crippen LogP contribution in [0, 0.1) is 20.8 Å². The number of carbonyl (C=O) groups excluding carboxylic acids is 1. The van der Waals surface area contributed by atoms with Gasteiger partial charge in [0.15, 0.2) is 6.61 Å². The van der Waals surface area contributed by atoms with Gasteiger partial charge in [0.05, 0.1) is 11.0 Å². The number of ether oxygens (including phenoxy) is 1. The lowest BCUT2D eigenvalue weighted by atomic mass is 10.1. The maximum absolute atomic E-state index is 12.2. The van der Waals surface area contributed by atoms with Crippen LogP contribution in [0.25, 0.3) is 11.0 Å². The van der Waals surface area contributed by atoms with Crippen LogP contribution >= 0.6 is 0 Å². The number of fused-ring (bicyclic) bond motifs is 1. The maximum atomic E-state index is 12.2. The topological polar surface area (TPSA) is 56.2 Å². The molecule has 0 radical (unpaired) electrons. The molecule has 1 aromatic heterocycles. The van der Waals surface area contributed by atoms with E-state index >= 15 is 0 Å². The van der Waals surface area contributed by atoms with Crippen LogP contribution in [0.3, 0.4) is 0 Å². The Labute approximate surface area is 208 Å². The van der Waals surface area contributed by atoms with E-state index in [1.807, 2.05) is 38.1 Å². The second kappa shape index (κ2) is 11.7. The Morgan fingerprint density at radius 3 is 2.60 bits per heavy atom. The van der Waals surface area contributed by atoms with E-state index in [4.69, 9.17) is 9.72 Å². The molecule has 1 amide bonds. The van der Waals surface area contributed by atoms with Gasteiger partial charge in [0.1, 0.15) is 11.6 Å². The number of rotatable bonds is 11. The molecule has 0 fully saturated rings. The van der Waals surface area contributed by atoms with E-state index in [0.29, 0.717) is 6.54 Å². The molecule has 0 atom stereocenters. The fraction of sp³-hybridized carbons (Fsp3) is 0.333. The summed E-state index contributed by atoms with van der Waals surface area (Å²) in [5.74, 6) is 1.82. The zero-order valence-corrected chi connectivity index (χ0v) is 21.0. The molecule has 0 unspecified atom stereocenters. The van der Waals surface area contributed by atoms with Crippen molar-refractivity contribution in [1.82, 2.24) is 14.9 Å². The number of carbonyl (C=O) groups is 1. The number of hydrogen-bond donors (Lipinski definition) is 1. The van der Waals surface area contributed by atoms with Crippen LogP contribution in [0.15, 0.2) is 66.7 Å². The number of benzene rings is 3. The smallest absolute Gasteiger partial charge is 0.257 e. The number of imidazole rings is 1. The standard InChI is InChI=1S/C30H35N3O2/c1-22-10-9-11-25(18-22)20-33-27-13-7-6-12-26(27)32-29(33)14-5-4-8-17-31-30(34)21-35-28-19-23(2)15-16-24(28)3/h6-7,9-13,15-16,18-19H,4-5,8,14,17,20-21H2,1-3H3,(H,31,34). The SMILES string of the molecule is Cc1cccc(Cn2c(CCCCCNC(=O)COc3cc(C)ccc3C)nc3ccccc32)c1. The molecule has 3 aromatic carbocycles. The first-order valence-electron chi connectivity index (χ1n) is 12.5. The van der Waals surface area contributed by atoms with Crippen molar-refractivity contribution in [2.45, 2.75) is 53.0 Å². The molecule has 35 heavy (non-hydrogen) atoms. The van der Waals surface area contributed by atoms with E-state index in [2.05, 4.69) is 59.3 Å². The highest BCUT2D eigenvalue weighted by molar-refractivity contribution is 5.77. The van der Waals surface area contributed by atoms with Gasteiger partial charge >= 0.3 is 0 Å². The van der Waals surface area contributed by atoms with Crippen molar-refractivity contribution in [3.63, 3.8) is 0 Å². The molecule has 182 valence electrons. The van der Waals surface area contributed by atoms with E-state index in [0.717, 1.165) is 60.4 Å². The third-order valence-corrected chi connectivity index (χ3v) is 6.26. The van der Waals surface area contributed by atoms with Crippen molar-refractivity contribution in [3.05, 3.63) is 94.8 Å². The van der Waals surface area contributed by atoms with Crippen molar-refractivity contribution in [3.8, 4) is 5.75 Å². The second-order valence-corrected chi connectivity index (χ2v) is 9.31. The Morgan fingerprint density at radius 1 is 0.914 bits per heavy atom. The Morgan fingerprint density at radius 2 is 1.74 bits per heavy atom. The molecule has 4 aromatic rings. The molecular weight excluding hydrogens is 434 g/mol. The van der Waals surface area contributed by atoms with Gasteiger partial charge < -0.3 is 14.6 Å². The van der Waals surface area contributed by atoms with Gasteiger partial charge in [0, 0.05) is 19.5 Å². The number of unbranched alkanes of at least 4 members (excludes halogenated alkanes) is 2. The molecule has 0 aliphatic heterocycles. The monoisotopic (exact) mass is 469 g/mol. The van der Waals surface area contributed by atoms with Crippen LogP contribution in [0.2, 0.25) is 0 Å². The lowest BCUT2D eigenvalue weighted by molar-refractivity contribution is -0.123. The molecule has 0 aliphatic carbocycles. The van der Waals surface area contributed by atoms with Crippen LogP contribution < -0.4 is 10.1 Å². The van der Waals surface area contributed by atoms with Gasteiger partial charge in [-0.1, -0.05) is 60.5 Å². The number of aromatic nitrogens is 2. The number of amides is 1. The summed E-state index contributed by atoms with van der Waals surface area (Å²) in [6.45, 7) is 7.67. The van der Waals surface area contributed by atoms with Gasteiger partial charge in [-0.25, -0.2) is 4.98 Å². The lowest BCUT2D eigenvalue weighted by Gasteiger charge is -2.11. The van der Waals surface area contributed by atoms with Crippen LogP contribution in [-0.4, -0.2) is 28.6 Å². The first-order chi connectivity index (χ1) is 17.0. The van der Waals surface area contributed by atoms with Crippen LogP contribution in [-0.2, 0) is 17.8 Å². The third-order valence-electron chi connectivity index (χ3n) is 6.26. The van der Waals surface area contributed by atoms with Crippen molar-refractivity contribution in [2.75, 3.05) is 13.2 Å². The molecule has 5 heteroatoms. The predicted octanol–water partition coefficient (Wildman–Crippen LogP) is 5.92. The minimum absolute atomic E-state index is 0.0489. The average molecular weight is 470 g/mol. The molecule has 0 bridgehead atoms. The normalized spacial score (nSPS) is 11.1. The zero-order valence-electron chi connectivity index (χ0n) is 21.0. The van der Waals surface area contributed by atoms with Crippen LogP contribution in [0.4, 0.5) is 0 Å². The third kappa shape index (κ3) is 6.72. The van der Waals surface area contributed by atoms with Gasteiger partial charge in [0.25, 0.3) is 5.91 Å². The molecule has 0 aliphatic rings. The Bertz CT molecular complexity index is 1290. The van der Waals surface area contributed by atoms with Gasteiger partial charge in [-0.05, 0) is 68.5 Å². The van der Waals surface area contributed by atoms with Crippen molar-refractivity contribution < 1.29 is 9.53 Å². The molecular formula is C30H35N3O2. The fourth-order valence-electron chi connectivity index (χ4n) is 4.36. The first-order valence-corrected chi connectivity index (χ1v) is 12.5. The van der Waals surface area contributed by atoms with Gasteiger partial charge in [-0.2, -0.15) is 0 Å². The molecule has 1 heterocycles. The van der Waals surface area contributed by atoms with Crippen LogP contribution in [0.1, 0.15) is 47.3 Å². The Balaban J connectivity index is 1.24. The number of nitrogens with one attached hydrogen (secondary N) is 1. The van der Waals surface area contributed by atoms with E-state index in [9.17, 15) is 4.79 Å². The molecule has 4 rings (SSSR count). The van der Waals surface area contributed by atoms with E-state index in [1.165, 1.54) is 16.6 Å². The van der Waals surface area contributed by atoms with E-state index in [1.54, 1.807) is 0 Å². The summed E-state index contributed by atoms with van der Waals surface area (Å²) in [6, 6.07) is 23.0.